The third-order valence-electron chi connectivity index (χ3n) is 13.5. The molecule has 6 aromatic carbocycles. The lowest BCUT2D eigenvalue weighted by molar-refractivity contribution is -0.115. The van der Waals surface area contributed by atoms with Crippen molar-refractivity contribution in [3.05, 3.63) is 223 Å². The highest BCUT2D eigenvalue weighted by Crippen LogP contribution is 2.28. The quantitative estimate of drug-likeness (QED) is 0.0253. The summed E-state index contributed by atoms with van der Waals surface area (Å²) in [4.78, 5) is 125. The molecule has 0 aliphatic heterocycles. The van der Waals surface area contributed by atoms with Crippen molar-refractivity contribution in [3.63, 3.8) is 0 Å². The fourth-order valence-corrected chi connectivity index (χ4v) is 12.1. The molecule has 0 saturated heterocycles. The number of benzene rings is 6. The number of amides is 7. The molecular formula is C71H68N16O18S3. The molecule has 0 fully saturated rings. The molecule has 10 rings (SSSR count). The van der Waals surface area contributed by atoms with Gasteiger partial charge in [0.25, 0.3) is 41.9 Å². The standard InChI is InChI=1S/C24H23N5O6S.C23H20N6O5S.C15H14N2O5S.C9H11N3O2/c1-15(30)26-18-5-3-6-19(13-18)29-36(34,35)20-11-9-17(10-12-20)24(33)25-14-22(32)21-7-4-8-23(28-21)27-16(2)31;1-14(30)24-17-5-3-6-18(13-17)29-35(32,33)19-11-9-16(10-12-19)22-27-28-23(34-22)20-7-4-8-21(26-20)25-15(2)31;1-10(18)16-12-3-2-4-13(9-12)17-23(21,22)14-7-5-11(6-8-14)15(19)20;1-6(13)11-9-4-2-3-7(12-9)8(14)5-10/h3-13,29H,14H2,1-2H3,(H,25,33)(H,26,30)(H,27,28,31);3-13,29H,1-2H3,(H,24,30)(H,25,26,31);2-9,17H,1H3,(H,16,18)(H,19,20);2-4H,5,10H2,1H3,(H,11,12,13). The van der Waals surface area contributed by atoms with Crippen molar-refractivity contribution in [3.8, 4) is 23.0 Å². The van der Waals surface area contributed by atoms with E-state index in [4.69, 9.17) is 15.3 Å². The summed E-state index contributed by atoms with van der Waals surface area (Å²) in [6.07, 6.45) is 0. The van der Waals surface area contributed by atoms with Crippen LogP contribution < -0.4 is 57.1 Å². The molecule has 37 heteroatoms. The summed E-state index contributed by atoms with van der Waals surface area (Å²) in [6, 6.07) is 49.0. The Hall–Kier alpha value is -13.8. The number of ketones is 2. The van der Waals surface area contributed by atoms with Crippen LogP contribution in [0.5, 0.6) is 0 Å². The van der Waals surface area contributed by atoms with E-state index in [1.165, 1.54) is 145 Å². The Labute approximate surface area is 617 Å². The van der Waals surface area contributed by atoms with Crippen molar-refractivity contribution in [2.75, 3.05) is 59.2 Å². The number of aromatic carboxylic acids is 1. The number of carboxylic acid groups (broad SMARTS) is 1. The van der Waals surface area contributed by atoms with Crippen molar-refractivity contribution in [2.24, 2.45) is 5.73 Å². The van der Waals surface area contributed by atoms with Crippen LogP contribution in [0.25, 0.3) is 23.0 Å². The maximum Gasteiger partial charge on any atom is 0.335 e. The number of carboxylic acids is 1. The number of nitrogens with one attached hydrogen (secondary N) is 10. The van der Waals surface area contributed by atoms with Gasteiger partial charge in [0.15, 0.2) is 11.6 Å². The predicted octanol–water partition coefficient (Wildman–Crippen LogP) is 8.25. The topological polar surface area (TPSA) is 517 Å². The number of Topliss-reactive ketones (excluding diaryl/α,β-unsaturated/α-hetero) is 2. The van der Waals surface area contributed by atoms with Gasteiger partial charge in [-0.25, -0.2) is 45.0 Å². The van der Waals surface area contributed by atoms with Crippen molar-refractivity contribution in [2.45, 2.75) is 56.2 Å². The maximum atomic E-state index is 12.8. The number of nitrogens with two attached hydrogens (primary N) is 1. The van der Waals surface area contributed by atoms with Gasteiger partial charge < -0.3 is 52.5 Å². The van der Waals surface area contributed by atoms with Crippen LogP contribution in [0.4, 0.5) is 51.6 Å². The third-order valence-corrected chi connectivity index (χ3v) is 17.7. The molecule has 13 N–H and O–H groups in total. The number of carbonyl (C=O) groups is 10. The van der Waals surface area contributed by atoms with Gasteiger partial charge in [-0.15, -0.1) is 10.2 Å². The molecule has 0 atom stereocenters. The number of nitrogens with zero attached hydrogens (tertiary/aromatic N) is 5. The molecule has 10 aromatic rings. The van der Waals surface area contributed by atoms with E-state index in [9.17, 15) is 73.2 Å². The van der Waals surface area contributed by atoms with E-state index >= 15 is 0 Å². The largest absolute Gasteiger partial charge is 0.478 e. The second-order valence-electron chi connectivity index (χ2n) is 22.4. The van der Waals surface area contributed by atoms with E-state index in [2.05, 4.69) is 76.5 Å². The number of aromatic nitrogens is 5. The molecule has 0 spiro atoms. The van der Waals surface area contributed by atoms with E-state index in [-0.39, 0.29) is 120 Å². The van der Waals surface area contributed by atoms with Crippen LogP contribution in [-0.4, -0.2) is 127 Å². The number of pyridine rings is 3. The summed E-state index contributed by atoms with van der Waals surface area (Å²) < 4.78 is 88.5. The van der Waals surface area contributed by atoms with Crippen LogP contribution >= 0.6 is 0 Å². The number of carbonyl (C=O) groups excluding carboxylic acids is 9. The first-order chi connectivity index (χ1) is 51.1. The first-order valence-corrected chi connectivity index (χ1v) is 36.0. The molecule has 0 bridgehead atoms. The SMILES string of the molecule is CC(=O)Nc1cccc(C(=O)CN)n1.CC(=O)Nc1cccc(NS(=O)(=O)c2ccc(-c3nnc(-c4cccc(NC(C)=O)n4)o3)cc2)c1.CC(=O)Nc1cccc(NS(=O)(=O)c2ccc(C(=O)NCC(=O)c3cccc(NC(C)=O)n3)cc2)c1.CC(=O)Nc1cccc(NS(=O)(=O)c2ccc(C(=O)O)cc2)c1. The number of hydrogen-bond acceptors (Lipinski definition) is 23. The average Bonchev–Trinajstić information content (AvgIpc) is 1.57. The zero-order chi connectivity index (χ0) is 78.9. The number of hydrogen-bond donors (Lipinski definition) is 12. The van der Waals surface area contributed by atoms with Crippen molar-refractivity contribution in [1.29, 1.82) is 0 Å². The van der Waals surface area contributed by atoms with Crippen molar-refractivity contribution >= 4 is 141 Å². The van der Waals surface area contributed by atoms with Crippen molar-refractivity contribution in [1.82, 2.24) is 30.5 Å². The minimum Gasteiger partial charge on any atom is -0.478 e. The van der Waals surface area contributed by atoms with Crippen LogP contribution in [-0.2, 0) is 58.8 Å². The predicted molar refractivity (Wildman–Crippen MR) is 399 cm³/mol. The van der Waals surface area contributed by atoms with Gasteiger partial charge in [-0.05, 0) is 164 Å². The van der Waals surface area contributed by atoms with Gasteiger partial charge in [0.05, 0.1) is 50.4 Å². The van der Waals surface area contributed by atoms with E-state index in [0.29, 0.717) is 45.6 Å². The lowest BCUT2D eigenvalue weighted by Gasteiger charge is -2.10. The summed E-state index contributed by atoms with van der Waals surface area (Å²) in [5.74, 6) is -2.85. The summed E-state index contributed by atoms with van der Waals surface area (Å²) in [5, 5.41) is 34.5. The summed E-state index contributed by atoms with van der Waals surface area (Å²) >= 11 is 0. The molecule has 0 saturated carbocycles. The van der Waals surface area contributed by atoms with E-state index in [0.717, 1.165) is 0 Å². The normalized spacial score (nSPS) is 10.7. The first kappa shape index (κ1) is 81.5. The molecule has 108 heavy (non-hydrogen) atoms. The zero-order valence-electron chi connectivity index (χ0n) is 57.9. The Balaban J connectivity index is 0.000000211. The number of sulfonamides is 3. The minimum atomic E-state index is -3.96. The Morgan fingerprint density at radius 3 is 1.09 bits per heavy atom. The second-order valence-corrected chi connectivity index (χ2v) is 27.4. The second kappa shape index (κ2) is 37.6. The molecule has 7 amide bonds. The number of rotatable bonds is 24. The lowest BCUT2D eigenvalue weighted by Crippen LogP contribution is -2.30. The molecule has 0 aliphatic rings. The Kier molecular flexibility index (Phi) is 28.4. The molecule has 558 valence electrons. The molecule has 4 heterocycles. The van der Waals surface area contributed by atoms with Crippen LogP contribution in [0.3, 0.4) is 0 Å². The van der Waals surface area contributed by atoms with Gasteiger partial charge in [0, 0.05) is 69.7 Å². The fraction of sp³-hybridized carbons (Fsp3) is 0.113. The van der Waals surface area contributed by atoms with E-state index in [1.54, 1.807) is 97.1 Å². The molecule has 0 unspecified atom stereocenters. The fourth-order valence-electron chi connectivity index (χ4n) is 8.96. The molecule has 34 nitrogen and oxygen atoms in total. The number of anilines is 9. The lowest BCUT2D eigenvalue weighted by atomic mass is 10.2. The molecule has 0 aliphatic carbocycles. The molecule has 4 aromatic heterocycles. The third kappa shape index (κ3) is 25.6. The van der Waals surface area contributed by atoms with Crippen LogP contribution in [0.1, 0.15) is 83.2 Å². The molecular weight excluding hydrogens is 1460 g/mol. The maximum absolute atomic E-state index is 12.8. The summed E-state index contributed by atoms with van der Waals surface area (Å²) in [5.41, 5.74) is 8.72. The van der Waals surface area contributed by atoms with Crippen LogP contribution in [0, 0.1) is 0 Å². The smallest absolute Gasteiger partial charge is 0.335 e. The van der Waals surface area contributed by atoms with Gasteiger partial charge >= 0.3 is 5.97 Å². The average molecular weight is 1530 g/mol. The van der Waals surface area contributed by atoms with Gasteiger partial charge in [0.1, 0.15) is 34.5 Å². The van der Waals surface area contributed by atoms with Gasteiger partial charge in [-0.1, -0.05) is 36.4 Å². The molecule has 0 radical (unpaired) electrons. The van der Waals surface area contributed by atoms with Gasteiger partial charge in [-0.3, -0.25) is 57.3 Å². The highest BCUT2D eigenvalue weighted by molar-refractivity contribution is 7.93. The van der Waals surface area contributed by atoms with Crippen molar-refractivity contribution < 1.29 is 82.7 Å². The monoisotopic (exact) mass is 1530 g/mol. The van der Waals surface area contributed by atoms with Gasteiger partial charge in [-0.2, -0.15) is 0 Å². The Morgan fingerprint density at radius 1 is 0.380 bits per heavy atom. The zero-order valence-corrected chi connectivity index (χ0v) is 60.3. The van der Waals surface area contributed by atoms with Crippen LogP contribution in [0.2, 0.25) is 0 Å². The van der Waals surface area contributed by atoms with Crippen LogP contribution in [0.15, 0.2) is 219 Å². The van der Waals surface area contributed by atoms with E-state index < -0.39 is 47.7 Å². The minimum absolute atomic E-state index is 0.00314. The van der Waals surface area contributed by atoms with Gasteiger partial charge in [0.2, 0.25) is 41.3 Å². The Morgan fingerprint density at radius 2 is 0.713 bits per heavy atom. The summed E-state index contributed by atoms with van der Waals surface area (Å²) in [6.45, 7) is 7.69. The highest BCUT2D eigenvalue weighted by atomic mass is 32.2. The highest BCUT2D eigenvalue weighted by Gasteiger charge is 2.21. The summed E-state index contributed by atoms with van der Waals surface area (Å²) in [7, 11) is -11.7. The van der Waals surface area contributed by atoms with E-state index in [1.807, 2.05) is 0 Å². The first-order valence-electron chi connectivity index (χ1n) is 31.5. The Bertz CT molecular complexity index is 5380.